The number of hydrogen-bond acceptors (Lipinski definition) is 3. The summed E-state index contributed by atoms with van der Waals surface area (Å²) in [6.07, 6.45) is 1.73. The van der Waals surface area contributed by atoms with Crippen molar-refractivity contribution in [2.45, 2.75) is 6.92 Å². The van der Waals surface area contributed by atoms with E-state index in [-0.39, 0.29) is 6.03 Å². The van der Waals surface area contributed by atoms with Crippen LogP contribution in [0, 0.1) is 6.92 Å². The fourth-order valence-corrected chi connectivity index (χ4v) is 1.76. The number of amides is 2. The van der Waals surface area contributed by atoms with E-state index in [1.807, 2.05) is 13.0 Å². The molecule has 0 spiro atoms. The van der Waals surface area contributed by atoms with Gasteiger partial charge in [0, 0.05) is 26.3 Å². The highest BCUT2D eigenvalue weighted by atomic mass is 16.5. The minimum absolute atomic E-state index is 0.00861. The first-order chi connectivity index (χ1) is 7.63. The second kappa shape index (κ2) is 4.00. The van der Waals surface area contributed by atoms with Gasteiger partial charge in [0.1, 0.15) is 5.69 Å². The Balaban J connectivity index is 2.39. The molecule has 5 nitrogen and oxygen atoms in total. The first kappa shape index (κ1) is 10.7. The van der Waals surface area contributed by atoms with Crippen molar-refractivity contribution in [3.63, 3.8) is 0 Å². The lowest BCUT2D eigenvalue weighted by Crippen LogP contribution is -2.29. The third-order valence-electron chi connectivity index (χ3n) is 2.67. The molecular formula is C11H15N3O2. The Morgan fingerprint density at radius 1 is 1.44 bits per heavy atom. The summed E-state index contributed by atoms with van der Waals surface area (Å²) in [5.74, 6) is 0.495. The number of aryl methyl sites for hydroxylation is 1. The zero-order valence-electron chi connectivity index (χ0n) is 9.73. The second-order valence-corrected chi connectivity index (χ2v) is 3.90. The lowest BCUT2D eigenvalue weighted by Gasteiger charge is -2.18. The number of hydrogen-bond donors (Lipinski definition) is 0. The zero-order chi connectivity index (χ0) is 11.7. The number of likely N-dealkylation sites (N-methyl/N-ethyl adjacent to an activating group) is 1. The third-order valence-corrected chi connectivity index (χ3v) is 2.67. The Morgan fingerprint density at radius 2 is 2.19 bits per heavy atom. The standard InChI is InChI=1S/C11H15N3O2/c1-8-6-9(10(16-3)12-7-8)14-5-4-13(2)11(14)15/h6-7H,4-5H2,1-3H3. The molecule has 1 saturated heterocycles. The lowest BCUT2D eigenvalue weighted by atomic mass is 10.2. The molecule has 1 fully saturated rings. The molecule has 86 valence electrons. The van der Waals surface area contributed by atoms with Gasteiger partial charge in [-0.15, -0.1) is 0 Å². The molecule has 1 aromatic rings. The van der Waals surface area contributed by atoms with Crippen molar-refractivity contribution in [3.05, 3.63) is 17.8 Å². The molecule has 2 heterocycles. The molecule has 1 aliphatic heterocycles. The largest absolute Gasteiger partial charge is 0.480 e. The monoisotopic (exact) mass is 221 g/mol. The van der Waals surface area contributed by atoms with Crippen LogP contribution >= 0.6 is 0 Å². The first-order valence-corrected chi connectivity index (χ1v) is 5.16. The van der Waals surface area contributed by atoms with Gasteiger partial charge in [-0.05, 0) is 18.6 Å². The van der Waals surface area contributed by atoms with Gasteiger partial charge in [0.15, 0.2) is 0 Å². The normalized spacial score (nSPS) is 15.8. The molecule has 0 N–H and O–H groups in total. The lowest BCUT2D eigenvalue weighted by molar-refractivity contribution is 0.229. The zero-order valence-corrected chi connectivity index (χ0v) is 9.73. The van der Waals surface area contributed by atoms with Crippen LogP contribution in [0.4, 0.5) is 10.5 Å². The molecule has 5 heteroatoms. The molecule has 0 bridgehead atoms. The summed E-state index contributed by atoms with van der Waals surface area (Å²) in [5, 5.41) is 0. The van der Waals surface area contributed by atoms with Gasteiger partial charge >= 0.3 is 6.03 Å². The molecule has 1 aliphatic rings. The molecule has 2 rings (SSSR count). The van der Waals surface area contributed by atoms with Crippen molar-refractivity contribution < 1.29 is 9.53 Å². The quantitative estimate of drug-likeness (QED) is 0.755. The maximum absolute atomic E-state index is 11.9. The number of aromatic nitrogens is 1. The summed E-state index contributed by atoms with van der Waals surface area (Å²) in [6, 6.07) is 1.91. The maximum Gasteiger partial charge on any atom is 0.324 e. The summed E-state index contributed by atoms with van der Waals surface area (Å²) in [6.45, 7) is 3.35. The number of urea groups is 1. The summed E-state index contributed by atoms with van der Waals surface area (Å²) in [5.41, 5.74) is 1.76. The molecule has 0 saturated carbocycles. The molecular weight excluding hydrogens is 206 g/mol. The molecule has 0 atom stereocenters. The van der Waals surface area contributed by atoms with Crippen molar-refractivity contribution in [2.24, 2.45) is 0 Å². The van der Waals surface area contributed by atoms with E-state index in [1.165, 1.54) is 0 Å². The minimum Gasteiger partial charge on any atom is -0.480 e. The number of methoxy groups -OCH3 is 1. The summed E-state index contributed by atoms with van der Waals surface area (Å²) < 4.78 is 5.17. The van der Waals surface area contributed by atoms with Crippen molar-refractivity contribution in [3.8, 4) is 5.88 Å². The van der Waals surface area contributed by atoms with Gasteiger partial charge in [-0.25, -0.2) is 9.78 Å². The second-order valence-electron chi connectivity index (χ2n) is 3.90. The van der Waals surface area contributed by atoms with Gasteiger partial charge in [0.25, 0.3) is 0 Å². The maximum atomic E-state index is 11.9. The summed E-state index contributed by atoms with van der Waals surface area (Å²) >= 11 is 0. The smallest absolute Gasteiger partial charge is 0.324 e. The Labute approximate surface area is 94.6 Å². The Morgan fingerprint density at radius 3 is 2.75 bits per heavy atom. The SMILES string of the molecule is COc1ncc(C)cc1N1CCN(C)C1=O. The van der Waals surface area contributed by atoms with Crippen LogP contribution in [-0.4, -0.2) is 43.2 Å². The van der Waals surface area contributed by atoms with E-state index in [2.05, 4.69) is 4.98 Å². The highest BCUT2D eigenvalue weighted by molar-refractivity contribution is 5.95. The Hall–Kier alpha value is -1.78. The fraction of sp³-hybridized carbons (Fsp3) is 0.455. The minimum atomic E-state index is -0.00861. The number of ether oxygens (including phenoxy) is 1. The van der Waals surface area contributed by atoms with Gasteiger partial charge in [-0.2, -0.15) is 0 Å². The molecule has 0 aliphatic carbocycles. The topological polar surface area (TPSA) is 45.7 Å². The van der Waals surface area contributed by atoms with Crippen LogP contribution in [0.25, 0.3) is 0 Å². The van der Waals surface area contributed by atoms with Crippen LogP contribution in [0.1, 0.15) is 5.56 Å². The third kappa shape index (κ3) is 1.68. The van der Waals surface area contributed by atoms with Crippen molar-refractivity contribution >= 4 is 11.7 Å². The predicted molar refractivity (Wildman–Crippen MR) is 60.9 cm³/mol. The highest BCUT2D eigenvalue weighted by Crippen LogP contribution is 2.29. The molecule has 0 unspecified atom stereocenters. The van der Waals surface area contributed by atoms with Gasteiger partial charge in [0.2, 0.25) is 5.88 Å². The number of nitrogens with zero attached hydrogens (tertiary/aromatic N) is 3. The molecule has 0 radical (unpaired) electrons. The van der Waals surface area contributed by atoms with E-state index in [4.69, 9.17) is 4.74 Å². The summed E-state index contributed by atoms with van der Waals surface area (Å²) in [4.78, 5) is 19.4. The number of anilines is 1. The average molecular weight is 221 g/mol. The number of rotatable bonds is 2. The number of carbonyl (C=O) groups is 1. The van der Waals surface area contributed by atoms with Gasteiger partial charge in [0.05, 0.1) is 7.11 Å². The molecule has 2 amide bonds. The van der Waals surface area contributed by atoms with E-state index in [9.17, 15) is 4.79 Å². The first-order valence-electron chi connectivity index (χ1n) is 5.16. The van der Waals surface area contributed by atoms with Crippen LogP contribution in [0.5, 0.6) is 5.88 Å². The molecule has 16 heavy (non-hydrogen) atoms. The van der Waals surface area contributed by atoms with Crippen molar-refractivity contribution in [2.75, 3.05) is 32.1 Å². The predicted octanol–water partition coefficient (Wildman–Crippen LogP) is 1.27. The van der Waals surface area contributed by atoms with E-state index in [0.717, 1.165) is 17.8 Å². The van der Waals surface area contributed by atoms with Crippen molar-refractivity contribution in [1.82, 2.24) is 9.88 Å². The summed E-state index contributed by atoms with van der Waals surface area (Å²) in [7, 11) is 3.35. The van der Waals surface area contributed by atoms with E-state index in [1.54, 1.807) is 30.2 Å². The fourth-order valence-electron chi connectivity index (χ4n) is 1.76. The van der Waals surface area contributed by atoms with E-state index < -0.39 is 0 Å². The van der Waals surface area contributed by atoms with Crippen LogP contribution in [0.3, 0.4) is 0 Å². The van der Waals surface area contributed by atoms with Crippen LogP contribution in [-0.2, 0) is 0 Å². The van der Waals surface area contributed by atoms with Gasteiger partial charge < -0.3 is 9.64 Å². The van der Waals surface area contributed by atoms with Gasteiger partial charge in [-0.3, -0.25) is 4.90 Å². The van der Waals surface area contributed by atoms with E-state index >= 15 is 0 Å². The van der Waals surface area contributed by atoms with Crippen molar-refractivity contribution in [1.29, 1.82) is 0 Å². The Kier molecular flexibility index (Phi) is 2.68. The number of pyridine rings is 1. The van der Waals surface area contributed by atoms with Crippen LogP contribution < -0.4 is 9.64 Å². The van der Waals surface area contributed by atoms with E-state index in [0.29, 0.717) is 12.4 Å². The Bertz CT molecular complexity index is 420. The molecule has 0 aromatic carbocycles. The van der Waals surface area contributed by atoms with Crippen LogP contribution in [0.2, 0.25) is 0 Å². The molecule has 1 aromatic heterocycles. The van der Waals surface area contributed by atoms with Crippen LogP contribution in [0.15, 0.2) is 12.3 Å². The highest BCUT2D eigenvalue weighted by Gasteiger charge is 2.29. The average Bonchev–Trinajstić information content (AvgIpc) is 2.60. The van der Waals surface area contributed by atoms with Gasteiger partial charge in [-0.1, -0.05) is 0 Å². The number of carbonyl (C=O) groups excluding carboxylic acids is 1.